The van der Waals surface area contributed by atoms with Crippen LogP contribution in [0.4, 0.5) is 8.78 Å². The Morgan fingerprint density at radius 2 is 2.04 bits per heavy atom. The number of carboxylic acid groups (broad SMARTS) is 1. The van der Waals surface area contributed by atoms with Gasteiger partial charge < -0.3 is 15.2 Å². The van der Waals surface area contributed by atoms with E-state index in [2.05, 4.69) is 10.1 Å². The van der Waals surface area contributed by atoms with Crippen LogP contribution in [0.15, 0.2) is 18.2 Å². The van der Waals surface area contributed by atoms with Gasteiger partial charge in [-0.05, 0) is 37.5 Å². The second kappa shape index (κ2) is 8.28. The molecule has 132 valence electrons. The number of amides is 1. The Morgan fingerprint density at radius 1 is 1.33 bits per heavy atom. The number of nitrogens with one attached hydrogen (secondary N) is 1. The number of carboxylic acids is 1. The third-order valence-electron chi connectivity index (χ3n) is 4.09. The maximum absolute atomic E-state index is 12.4. The third-order valence-corrected chi connectivity index (χ3v) is 4.32. The highest BCUT2D eigenvalue weighted by Crippen LogP contribution is 2.30. The van der Waals surface area contributed by atoms with E-state index in [1.165, 1.54) is 18.2 Å². The number of ether oxygens (including phenoxy) is 1. The summed E-state index contributed by atoms with van der Waals surface area (Å²) in [5.74, 6) is -2.14. The fourth-order valence-electron chi connectivity index (χ4n) is 2.88. The zero-order valence-corrected chi connectivity index (χ0v) is 13.6. The topological polar surface area (TPSA) is 75.6 Å². The van der Waals surface area contributed by atoms with E-state index in [-0.39, 0.29) is 24.6 Å². The minimum absolute atomic E-state index is 0.0182. The molecular weight excluding hydrogens is 344 g/mol. The van der Waals surface area contributed by atoms with Crippen molar-refractivity contribution in [3.05, 3.63) is 28.8 Å². The Bertz CT molecular complexity index is 612. The molecule has 2 rings (SSSR count). The first-order valence-electron chi connectivity index (χ1n) is 7.60. The van der Waals surface area contributed by atoms with Crippen molar-refractivity contribution in [2.45, 2.75) is 38.8 Å². The number of halogens is 3. The molecule has 1 aliphatic carbocycles. The minimum Gasteiger partial charge on any atom is -0.481 e. The van der Waals surface area contributed by atoms with Gasteiger partial charge in [-0.3, -0.25) is 9.59 Å². The summed E-state index contributed by atoms with van der Waals surface area (Å²) in [5.41, 5.74) is 0.335. The van der Waals surface area contributed by atoms with Crippen LogP contribution in [0.3, 0.4) is 0 Å². The lowest BCUT2D eigenvalue weighted by molar-refractivity contribution is -0.144. The first-order chi connectivity index (χ1) is 11.4. The van der Waals surface area contributed by atoms with E-state index >= 15 is 0 Å². The van der Waals surface area contributed by atoms with Gasteiger partial charge in [0.15, 0.2) is 0 Å². The van der Waals surface area contributed by atoms with Crippen LogP contribution < -0.4 is 10.1 Å². The lowest BCUT2D eigenvalue weighted by atomic mass is 9.81. The quantitative estimate of drug-likeness (QED) is 0.813. The van der Waals surface area contributed by atoms with E-state index in [0.717, 1.165) is 0 Å². The first kappa shape index (κ1) is 18.4. The molecule has 1 amide bonds. The minimum atomic E-state index is -2.98. The Balaban J connectivity index is 1.98. The van der Waals surface area contributed by atoms with Gasteiger partial charge in [-0.15, -0.1) is 0 Å². The van der Waals surface area contributed by atoms with Gasteiger partial charge in [-0.1, -0.05) is 18.0 Å². The highest BCUT2D eigenvalue weighted by molar-refractivity contribution is 6.30. The van der Waals surface area contributed by atoms with Crippen LogP contribution in [0.5, 0.6) is 5.75 Å². The average molecular weight is 362 g/mol. The van der Waals surface area contributed by atoms with E-state index in [1.54, 1.807) is 0 Å². The molecule has 2 atom stereocenters. The molecule has 0 saturated heterocycles. The highest BCUT2D eigenvalue weighted by Gasteiger charge is 2.30. The van der Waals surface area contributed by atoms with Crippen LogP contribution in [-0.4, -0.2) is 23.6 Å². The van der Waals surface area contributed by atoms with Crippen molar-refractivity contribution in [2.75, 3.05) is 0 Å². The van der Waals surface area contributed by atoms with E-state index < -0.39 is 24.4 Å². The number of carbonyl (C=O) groups excluding carboxylic acids is 1. The molecule has 1 aromatic rings. The molecule has 1 saturated carbocycles. The lowest BCUT2D eigenvalue weighted by Gasteiger charge is -2.25. The molecule has 0 spiro atoms. The van der Waals surface area contributed by atoms with E-state index in [1.807, 2.05) is 0 Å². The molecule has 0 aromatic heterocycles. The van der Waals surface area contributed by atoms with Crippen molar-refractivity contribution in [3.8, 4) is 5.75 Å². The average Bonchev–Trinajstić information content (AvgIpc) is 2.54. The van der Waals surface area contributed by atoms with Gasteiger partial charge in [0.2, 0.25) is 5.91 Å². The van der Waals surface area contributed by atoms with Gasteiger partial charge in [0.25, 0.3) is 0 Å². The standard InChI is InChI=1S/C16H18ClF2NO4/c17-12-4-5-13(24-16(18)19)11(7-12)8-20-14(21)9-2-1-3-10(6-9)15(22)23/h4-5,7,9-10,16H,1-3,6,8H2,(H,20,21)(H,22,23). The molecule has 0 aliphatic heterocycles. The molecule has 1 fully saturated rings. The monoisotopic (exact) mass is 361 g/mol. The second-order valence-corrected chi connectivity index (χ2v) is 6.18. The fraction of sp³-hybridized carbons (Fsp3) is 0.500. The van der Waals surface area contributed by atoms with Crippen LogP contribution >= 0.6 is 11.6 Å². The maximum Gasteiger partial charge on any atom is 0.387 e. The van der Waals surface area contributed by atoms with Gasteiger partial charge in [-0.25, -0.2) is 0 Å². The molecular formula is C16H18ClF2NO4. The zero-order valence-electron chi connectivity index (χ0n) is 12.8. The Morgan fingerprint density at radius 3 is 2.71 bits per heavy atom. The Hall–Kier alpha value is -1.89. The van der Waals surface area contributed by atoms with Gasteiger partial charge in [0, 0.05) is 23.0 Å². The van der Waals surface area contributed by atoms with Crippen molar-refractivity contribution in [1.29, 1.82) is 0 Å². The summed E-state index contributed by atoms with van der Waals surface area (Å²) in [6.45, 7) is -2.99. The fourth-order valence-corrected chi connectivity index (χ4v) is 3.07. The molecule has 1 aromatic carbocycles. The van der Waals surface area contributed by atoms with Gasteiger partial charge in [-0.2, -0.15) is 8.78 Å². The zero-order chi connectivity index (χ0) is 17.7. The summed E-state index contributed by atoms with van der Waals surface area (Å²) in [5, 5.41) is 12.1. The number of carbonyl (C=O) groups is 2. The molecule has 0 bridgehead atoms. The molecule has 0 heterocycles. The van der Waals surface area contributed by atoms with Gasteiger partial charge in [0.1, 0.15) is 5.75 Å². The van der Waals surface area contributed by atoms with E-state index in [0.29, 0.717) is 29.8 Å². The number of hydrogen-bond acceptors (Lipinski definition) is 3. The Labute approximate surface area is 142 Å². The summed E-state index contributed by atoms with van der Waals surface area (Å²) in [4.78, 5) is 23.3. The number of rotatable bonds is 6. The van der Waals surface area contributed by atoms with Crippen LogP contribution in [0.25, 0.3) is 0 Å². The van der Waals surface area contributed by atoms with Crippen molar-refractivity contribution in [3.63, 3.8) is 0 Å². The van der Waals surface area contributed by atoms with Gasteiger partial charge >= 0.3 is 12.6 Å². The van der Waals surface area contributed by atoms with Crippen molar-refractivity contribution in [1.82, 2.24) is 5.32 Å². The number of aliphatic carboxylic acids is 1. The normalized spacial score (nSPS) is 20.7. The summed E-state index contributed by atoms with van der Waals surface area (Å²) < 4.78 is 29.2. The molecule has 2 N–H and O–H groups in total. The van der Waals surface area contributed by atoms with Crippen LogP contribution in [-0.2, 0) is 16.1 Å². The van der Waals surface area contributed by atoms with Gasteiger partial charge in [0.05, 0.1) is 5.92 Å². The number of alkyl halides is 2. The number of benzene rings is 1. The molecule has 8 heteroatoms. The van der Waals surface area contributed by atoms with Crippen molar-refractivity contribution < 1.29 is 28.2 Å². The predicted molar refractivity (Wildman–Crippen MR) is 83.0 cm³/mol. The second-order valence-electron chi connectivity index (χ2n) is 5.75. The van der Waals surface area contributed by atoms with E-state index in [4.69, 9.17) is 16.7 Å². The smallest absolute Gasteiger partial charge is 0.387 e. The summed E-state index contributed by atoms with van der Waals surface area (Å²) in [7, 11) is 0. The summed E-state index contributed by atoms with van der Waals surface area (Å²) in [6.07, 6.45) is 2.15. The van der Waals surface area contributed by atoms with Crippen LogP contribution in [0.1, 0.15) is 31.2 Å². The van der Waals surface area contributed by atoms with Crippen molar-refractivity contribution in [2.24, 2.45) is 11.8 Å². The lowest BCUT2D eigenvalue weighted by Crippen LogP contribution is -2.35. The van der Waals surface area contributed by atoms with Crippen LogP contribution in [0, 0.1) is 11.8 Å². The molecule has 1 aliphatic rings. The first-order valence-corrected chi connectivity index (χ1v) is 7.98. The van der Waals surface area contributed by atoms with Crippen LogP contribution in [0.2, 0.25) is 5.02 Å². The van der Waals surface area contributed by atoms with Crippen molar-refractivity contribution >= 4 is 23.5 Å². The summed E-state index contributed by atoms with van der Waals surface area (Å²) in [6, 6.07) is 4.18. The largest absolute Gasteiger partial charge is 0.481 e. The molecule has 2 unspecified atom stereocenters. The number of hydrogen-bond donors (Lipinski definition) is 2. The SMILES string of the molecule is O=C(O)C1CCCC(C(=O)NCc2cc(Cl)ccc2OC(F)F)C1. The molecule has 5 nitrogen and oxygen atoms in total. The highest BCUT2D eigenvalue weighted by atomic mass is 35.5. The Kier molecular flexibility index (Phi) is 6.36. The molecule has 0 radical (unpaired) electrons. The maximum atomic E-state index is 12.4. The van der Waals surface area contributed by atoms with E-state index in [9.17, 15) is 18.4 Å². The summed E-state index contributed by atoms with van der Waals surface area (Å²) >= 11 is 5.85. The third kappa shape index (κ3) is 5.06. The predicted octanol–water partition coefficient (Wildman–Crippen LogP) is 3.45. The molecule has 24 heavy (non-hydrogen) atoms.